The largest absolute Gasteiger partial charge is 0.314 e. The van der Waals surface area contributed by atoms with Gasteiger partial charge in [0.25, 0.3) is 0 Å². The smallest absolute Gasteiger partial charge is 0.135 e. The number of aromatic nitrogens is 2. The lowest BCUT2D eigenvalue weighted by Gasteiger charge is -2.34. The van der Waals surface area contributed by atoms with Gasteiger partial charge in [0.1, 0.15) is 5.82 Å². The van der Waals surface area contributed by atoms with Crippen LogP contribution in [0.1, 0.15) is 38.7 Å². The van der Waals surface area contributed by atoms with Gasteiger partial charge in [0.15, 0.2) is 0 Å². The van der Waals surface area contributed by atoms with E-state index < -0.39 is 0 Å². The molecule has 4 heteroatoms. The number of aryl methyl sites for hydroxylation is 1. The molecule has 0 saturated carbocycles. The van der Waals surface area contributed by atoms with Gasteiger partial charge < -0.3 is 5.32 Å². The van der Waals surface area contributed by atoms with Gasteiger partial charge in [-0.1, -0.05) is 27.2 Å². The summed E-state index contributed by atoms with van der Waals surface area (Å²) in [5.74, 6) is 0.983. The van der Waals surface area contributed by atoms with Crippen molar-refractivity contribution in [3.8, 4) is 0 Å². The molecule has 0 amide bonds. The minimum Gasteiger partial charge on any atom is -0.314 e. The van der Waals surface area contributed by atoms with Crippen molar-refractivity contribution in [2.75, 3.05) is 32.7 Å². The van der Waals surface area contributed by atoms with Crippen molar-refractivity contribution < 1.29 is 0 Å². The van der Waals surface area contributed by atoms with Crippen LogP contribution in [0.3, 0.4) is 0 Å². The van der Waals surface area contributed by atoms with E-state index in [2.05, 4.69) is 36.0 Å². The first kappa shape index (κ1) is 14.4. The molecule has 0 aromatic carbocycles. The van der Waals surface area contributed by atoms with Crippen molar-refractivity contribution in [1.29, 1.82) is 0 Å². The van der Waals surface area contributed by atoms with Crippen molar-refractivity contribution in [1.82, 2.24) is 20.2 Å². The third kappa shape index (κ3) is 3.98. The fourth-order valence-corrected chi connectivity index (χ4v) is 2.62. The number of piperazine rings is 1. The zero-order chi connectivity index (χ0) is 13.7. The summed E-state index contributed by atoms with van der Waals surface area (Å²) in [6.07, 6.45) is 4.08. The van der Waals surface area contributed by atoms with Gasteiger partial charge in [-0.2, -0.15) is 0 Å². The Bertz CT molecular complexity index is 397. The molecule has 2 heterocycles. The molecule has 4 nitrogen and oxygen atoms in total. The van der Waals surface area contributed by atoms with Crippen LogP contribution in [0.4, 0.5) is 0 Å². The molecule has 106 valence electrons. The van der Waals surface area contributed by atoms with Gasteiger partial charge in [-0.05, 0) is 12.5 Å². The number of hydrogen-bond donors (Lipinski definition) is 1. The maximum Gasteiger partial charge on any atom is 0.135 e. The first-order valence-corrected chi connectivity index (χ1v) is 7.37. The normalized spacial score (nSPS) is 17.6. The number of rotatable bonds is 5. The molecule has 0 radical (unpaired) electrons. The van der Waals surface area contributed by atoms with Gasteiger partial charge in [-0.15, -0.1) is 0 Å². The summed E-state index contributed by atoms with van der Waals surface area (Å²) in [6.45, 7) is 12.1. The fourth-order valence-electron chi connectivity index (χ4n) is 2.62. The maximum atomic E-state index is 4.75. The van der Waals surface area contributed by atoms with Gasteiger partial charge in [0.05, 0.1) is 0 Å². The molecule has 1 N–H and O–H groups in total. The first-order valence-electron chi connectivity index (χ1n) is 7.37. The molecule has 1 saturated heterocycles. The van der Waals surface area contributed by atoms with Crippen LogP contribution < -0.4 is 5.32 Å². The van der Waals surface area contributed by atoms with Crippen LogP contribution in [0.5, 0.6) is 0 Å². The van der Waals surface area contributed by atoms with Crippen molar-refractivity contribution in [3.05, 3.63) is 23.8 Å². The van der Waals surface area contributed by atoms with E-state index in [1.807, 2.05) is 12.3 Å². The summed E-state index contributed by atoms with van der Waals surface area (Å²) < 4.78 is 0. The van der Waals surface area contributed by atoms with Crippen molar-refractivity contribution in [3.63, 3.8) is 0 Å². The maximum absolute atomic E-state index is 4.75. The van der Waals surface area contributed by atoms with E-state index in [-0.39, 0.29) is 5.41 Å². The molecule has 1 aliphatic heterocycles. The average Bonchev–Trinajstić information content (AvgIpc) is 2.40. The van der Waals surface area contributed by atoms with Crippen LogP contribution in [0, 0.1) is 0 Å². The molecule has 1 aliphatic rings. The molecular formula is C15H26N4. The Hall–Kier alpha value is -1.00. The van der Waals surface area contributed by atoms with Crippen LogP contribution in [-0.4, -0.2) is 47.6 Å². The quantitative estimate of drug-likeness (QED) is 0.875. The van der Waals surface area contributed by atoms with Crippen molar-refractivity contribution in [2.24, 2.45) is 0 Å². The topological polar surface area (TPSA) is 41.1 Å². The minimum atomic E-state index is 0.0150. The molecule has 0 bridgehead atoms. The molecule has 2 rings (SSSR count). The Morgan fingerprint density at radius 1 is 1.32 bits per heavy atom. The summed E-state index contributed by atoms with van der Waals surface area (Å²) in [6, 6.07) is 2.04. The van der Waals surface area contributed by atoms with Gasteiger partial charge in [0, 0.05) is 50.0 Å². The third-order valence-corrected chi connectivity index (χ3v) is 3.65. The monoisotopic (exact) mass is 262 g/mol. The summed E-state index contributed by atoms with van der Waals surface area (Å²) in [5, 5.41) is 3.39. The highest BCUT2D eigenvalue weighted by Crippen LogP contribution is 2.21. The van der Waals surface area contributed by atoms with Crippen LogP contribution in [-0.2, 0) is 11.8 Å². The lowest BCUT2D eigenvalue weighted by Crippen LogP contribution is -2.48. The van der Waals surface area contributed by atoms with E-state index in [1.165, 1.54) is 5.69 Å². The van der Waals surface area contributed by atoms with Crippen LogP contribution in [0.15, 0.2) is 12.3 Å². The molecule has 0 atom stereocenters. The Kier molecular flexibility index (Phi) is 4.88. The highest BCUT2D eigenvalue weighted by Gasteiger charge is 2.27. The molecule has 1 aromatic heterocycles. The predicted molar refractivity (Wildman–Crippen MR) is 78.4 cm³/mol. The number of hydrogen-bond acceptors (Lipinski definition) is 4. The Labute approximate surface area is 116 Å². The first-order chi connectivity index (χ1) is 9.12. The van der Waals surface area contributed by atoms with Crippen LogP contribution in [0.2, 0.25) is 0 Å². The molecule has 19 heavy (non-hydrogen) atoms. The second-order valence-electron chi connectivity index (χ2n) is 6.03. The minimum absolute atomic E-state index is 0.0150. The highest BCUT2D eigenvalue weighted by atomic mass is 15.2. The molecular weight excluding hydrogens is 236 g/mol. The van der Waals surface area contributed by atoms with E-state index in [4.69, 9.17) is 4.98 Å². The molecule has 0 aliphatic carbocycles. The van der Waals surface area contributed by atoms with Crippen molar-refractivity contribution >= 4 is 0 Å². The van der Waals surface area contributed by atoms with Crippen LogP contribution in [0.25, 0.3) is 0 Å². The third-order valence-electron chi connectivity index (χ3n) is 3.65. The number of nitrogens with zero attached hydrogens (tertiary/aromatic N) is 3. The standard InChI is InChI=1S/C15H26N4/c1-4-5-13-6-7-17-14(18-13)15(2,3)12-19-10-8-16-9-11-19/h6-7,16H,4-5,8-12H2,1-3H3. The zero-order valence-corrected chi connectivity index (χ0v) is 12.4. The lowest BCUT2D eigenvalue weighted by molar-refractivity contribution is 0.195. The van der Waals surface area contributed by atoms with E-state index >= 15 is 0 Å². The Morgan fingerprint density at radius 3 is 2.74 bits per heavy atom. The number of nitrogens with one attached hydrogen (secondary N) is 1. The van der Waals surface area contributed by atoms with Crippen molar-refractivity contribution in [2.45, 2.75) is 39.0 Å². The van der Waals surface area contributed by atoms with E-state index in [1.54, 1.807) is 0 Å². The van der Waals surface area contributed by atoms with Gasteiger partial charge in [-0.3, -0.25) is 4.90 Å². The molecule has 0 unspecified atom stereocenters. The fraction of sp³-hybridized carbons (Fsp3) is 0.733. The zero-order valence-electron chi connectivity index (χ0n) is 12.4. The highest BCUT2D eigenvalue weighted by molar-refractivity contribution is 5.10. The second-order valence-corrected chi connectivity index (χ2v) is 6.03. The van der Waals surface area contributed by atoms with Gasteiger partial charge in [0.2, 0.25) is 0 Å². The van der Waals surface area contributed by atoms with E-state index in [0.717, 1.165) is 51.4 Å². The van der Waals surface area contributed by atoms with E-state index in [0.29, 0.717) is 0 Å². The summed E-state index contributed by atoms with van der Waals surface area (Å²) in [5.41, 5.74) is 1.18. The van der Waals surface area contributed by atoms with Gasteiger partial charge >= 0.3 is 0 Å². The summed E-state index contributed by atoms with van der Waals surface area (Å²) >= 11 is 0. The summed E-state index contributed by atoms with van der Waals surface area (Å²) in [4.78, 5) is 11.8. The lowest BCUT2D eigenvalue weighted by atomic mass is 9.91. The molecule has 1 aromatic rings. The SMILES string of the molecule is CCCc1ccnc(C(C)(C)CN2CCNCC2)n1. The Morgan fingerprint density at radius 2 is 2.05 bits per heavy atom. The summed E-state index contributed by atoms with van der Waals surface area (Å²) in [7, 11) is 0. The molecule has 0 spiro atoms. The van der Waals surface area contributed by atoms with Crippen LogP contribution >= 0.6 is 0 Å². The Balaban J connectivity index is 2.06. The van der Waals surface area contributed by atoms with E-state index in [9.17, 15) is 0 Å². The second kappa shape index (κ2) is 6.44. The molecule has 1 fully saturated rings. The van der Waals surface area contributed by atoms with Gasteiger partial charge in [-0.25, -0.2) is 9.97 Å². The predicted octanol–water partition coefficient (Wildman–Crippen LogP) is 1.61. The average molecular weight is 262 g/mol.